The number of carboxylic acids is 1. The van der Waals surface area contributed by atoms with Crippen LogP contribution in [0.4, 0.5) is 0 Å². The van der Waals surface area contributed by atoms with E-state index in [9.17, 15) is 9.90 Å². The number of methoxy groups -OCH3 is 1. The van der Waals surface area contributed by atoms with Crippen LogP contribution in [0.25, 0.3) is 21.3 Å². The van der Waals surface area contributed by atoms with Gasteiger partial charge in [-0.05, 0) is 67.0 Å². The zero-order valence-electron chi connectivity index (χ0n) is 15.0. The second kappa shape index (κ2) is 6.72. The van der Waals surface area contributed by atoms with E-state index in [4.69, 9.17) is 9.72 Å². The van der Waals surface area contributed by atoms with E-state index in [1.807, 2.05) is 31.2 Å². The van der Waals surface area contributed by atoms with Crippen LogP contribution >= 0.6 is 11.3 Å². The monoisotopic (exact) mass is 367 g/mol. The number of hydrogen-bond acceptors (Lipinski definition) is 4. The molecule has 1 aliphatic rings. The number of aliphatic carboxylic acids is 1. The summed E-state index contributed by atoms with van der Waals surface area (Å²) in [6.07, 6.45) is 4.55. The topological polar surface area (TPSA) is 59.4 Å². The first-order valence-electron chi connectivity index (χ1n) is 8.88. The van der Waals surface area contributed by atoms with Crippen LogP contribution in [-0.2, 0) is 24.1 Å². The highest BCUT2D eigenvalue weighted by Crippen LogP contribution is 2.43. The Morgan fingerprint density at radius 2 is 1.96 bits per heavy atom. The maximum Gasteiger partial charge on any atom is 0.307 e. The molecule has 4 rings (SSSR count). The number of ether oxygens (including phenoxy) is 1. The molecule has 1 N–H and O–H groups in total. The molecule has 26 heavy (non-hydrogen) atoms. The zero-order valence-corrected chi connectivity index (χ0v) is 15.8. The maximum absolute atomic E-state index is 11.5. The number of carboxylic acid groups (broad SMARTS) is 1. The summed E-state index contributed by atoms with van der Waals surface area (Å²) in [4.78, 5) is 18.8. The Morgan fingerprint density at radius 3 is 2.65 bits per heavy atom. The average Bonchev–Trinajstić information content (AvgIpc) is 3.00. The highest BCUT2D eigenvalue weighted by atomic mass is 32.1. The number of nitrogens with zero attached hydrogens (tertiary/aromatic N) is 1. The van der Waals surface area contributed by atoms with Crippen LogP contribution < -0.4 is 4.74 Å². The second-order valence-electron chi connectivity index (χ2n) is 6.74. The lowest BCUT2D eigenvalue weighted by molar-refractivity contribution is -0.136. The van der Waals surface area contributed by atoms with Gasteiger partial charge in [0.1, 0.15) is 10.6 Å². The number of thiophene rings is 1. The van der Waals surface area contributed by atoms with Crippen molar-refractivity contribution >= 4 is 27.5 Å². The van der Waals surface area contributed by atoms with E-state index in [1.165, 1.54) is 23.3 Å². The number of rotatable bonds is 4. The molecule has 0 unspecified atom stereocenters. The minimum Gasteiger partial charge on any atom is -0.497 e. The molecule has 0 spiro atoms. The Kier molecular flexibility index (Phi) is 4.41. The van der Waals surface area contributed by atoms with Crippen molar-refractivity contribution in [1.29, 1.82) is 0 Å². The van der Waals surface area contributed by atoms with Crippen molar-refractivity contribution < 1.29 is 14.6 Å². The predicted molar refractivity (Wildman–Crippen MR) is 104 cm³/mol. The molecule has 1 aliphatic carbocycles. The maximum atomic E-state index is 11.5. The first-order valence-corrected chi connectivity index (χ1v) is 9.70. The number of aromatic nitrogens is 1. The first kappa shape index (κ1) is 17.0. The molecular weight excluding hydrogens is 346 g/mol. The third-order valence-electron chi connectivity index (χ3n) is 5.12. The Morgan fingerprint density at radius 1 is 1.23 bits per heavy atom. The molecule has 4 nitrogen and oxygen atoms in total. The fraction of sp³-hybridized carbons (Fsp3) is 0.333. The van der Waals surface area contributed by atoms with Crippen molar-refractivity contribution in [1.82, 2.24) is 4.98 Å². The number of fused-ring (bicyclic) bond motifs is 3. The van der Waals surface area contributed by atoms with Gasteiger partial charge in [0.2, 0.25) is 0 Å². The summed E-state index contributed by atoms with van der Waals surface area (Å²) >= 11 is 1.77. The molecule has 2 aromatic heterocycles. The summed E-state index contributed by atoms with van der Waals surface area (Å²) in [5.41, 5.74) is 5.08. The molecule has 134 valence electrons. The highest BCUT2D eigenvalue weighted by Gasteiger charge is 2.24. The van der Waals surface area contributed by atoms with Crippen LogP contribution in [0.2, 0.25) is 0 Å². The van der Waals surface area contributed by atoms with Gasteiger partial charge in [-0.3, -0.25) is 4.79 Å². The van der Waals surface area contributed by atoms with Crippen LogP contribution in [0.15, 0.2) is 24.3 Å². The van der Waals surface area contributed by atoms with Gasteiger partial charge in [-0.25, -0.2) is 4.98 Å². The lowest BCUT2D eigenvalue weighted by atomic mass is 9.89. The Balaban J connectivity index is 2.04. The molecule has 0 radical (unpaired) electrons. The molecule has 2 heterocycles. The largest absolute Gasteiger partial charge is 0.497 e. The SMILES string of the molecule is COc1ccc(-c2c(CC(=O)O)c(C)nc3sc4c(c23)CCCC4)cc1. The van der Waals surface area contributed by atoms with Crippen molar-refractivity contribution in [3.63, 3.8) is 0 Å². The van der Waals surface area contributed by atoms with Gasteiger partial charge >= 0.3 is 5.97 Å². The van der Waals surface area contributed by atoms with Gasteiger partial charge in [0.05, 0.1) is 13.5 Å². The number of carbonyl (C=O) groups is 1. The van der Waals surface area contributed by atoms with Crippen molar-refractivity contribution in [2.75, 3.05) is 7.11 Å². The van der Waals surface area contributed by atoms with E-state index in [0.717, 1.165) is 51.2 Å². The quantitative estimate of drug-likeness (QED) is 0.720. The summed E-state index contributed by atoms with van der Waals surface area (Å²) in [6.45, 7) is 1.92. The number of pyridine rings is 1. The second-order valence-corrected chi connectivity index (χ2v) is 7.82. The van der Waals surface area contributed by atoms with Gasteiger partial charge in [0.15, 0.2) is 0 Å². The Hall–Kier alpha value is -2.40. The molecule has 0 amide bonds. The standard InChI is InChI=1S/C21H21NO3S/c1-12-16(11-18(23)24)19(13-7-9-14(25-2)10-8-13)20-15-5-3-4-6-17(15)26-21(20)22-12/h7-10H,3-6,11H2,1-2H3,(H,23,24). The van der Waals surface area contributed by atoms with Gasteiger partial charge in [-0.2, -0.15) is 0 Å². The van der Waals surface area contributed by atoms with Gasteiger partial charge in [-0.15, -0.1) is 11.3 Å². The van der Waals surface area contributed by atoms with E-state index in [2.05, 4.69) is 0 Å². The summed E-state index contributed by atoms with van der Waals surface area (Å²) < 4.78 is 5.28. The van der Waals surface area contributed by atoms with Crippen LogP contribution in [-0.4, -0.2) is 23.2 Å². The number of benzene rings is 1. The molecule has 0 aliphatic heterocycles. The van der Waals surface area contributed by atoms with E-state index >= 15 is 0 Å². The summed E-state index contributed by atoms with van der Waals surface area (Å²) in [5, 5.41) is 10.6. The minimum atomic E-state index is -0.826. The number of aryl methyl sites for hydroxylation is 3. The third kappa shape index (κ3) is 2.86. The van der Waals surface area contributed by atoms with Crippen LogP contribution in [0.5, 0.6) is 5.75 Å². The van der Waals surface area contributed by atoms with Crippen molar-refractivity contribution in [2.24, 2.45) is 0 Å². The normalized spacial score (nSPS) is 13.6. The van der Waals surface area contributed by atoms with E-state index in [1.54, 1.807) is 18.4 Å². The minimum absolute atomic E-state index is 0.0131. The van der Waals surface area contributed by atoms with Gasteiger partial charge in [0.25, 0.3) is 0 Å². The van der Waals surface area contributed by atoms with Gasteiger partial charge in [-0.1, -0.05) is 12.1 Å². The van der Waals surface area contributed by atoms with E-state index < -0.39 is 5.97 Å². The fourth-order valence-corrected chi connectivity index (χ4v) is 5.20. The van der Waals surface area contributed by atoms with E-state index in [0.29, 0.717) is 0 Å². The van der Waals surface area contributed by atoms with Crippen LogP contribution in [0, 0.1) is 6.92 Å². The average molecular weight is 367 g/mol. The van der Waals surface area contributed by atoms with Crippen molar-refractivity contribution in [3.05, 3.63) is 46.0 Å². The molecule has 0 bridgehead atoms. The van der Waals surface area contributed by atoms with E-state index in [-0.39, 0.29) is 6.42 Å². The lowest BCUT2D eigenvalue weighted by Gasteiger charge is -2.16. The fourth-order valence-electron chi connectivity index (χ4n) is 3.88. The Bertz CT molecular complexity index is 989. The van der Waals surface area contributed by atoms with Crippen LogP contribution in [0.1, 0.15) is 34.5 Å². The first-order chi connectivity index (χ1) is 12.6. The predicted octanol–water partition coefficient (Wildman–Crippen LogP) is 4.79. The number of hydrogen-bond donors (Lipinski definition) is 1. The molecular formula is C21H21NO3S. The zero-order chi connectivity index (χ0) is 18.3. The van der Waals surface area contributed by atoms with Crippen LogP contribution in [0.3, 0.4) is 0 Å². The summed E-state index contributed by atoms with van der Waals surface area (Å²) in [7, 11) is 1.65. The summed E-state index contributed by atoms with van der Waals surface area (Å²) in [6, 6.07) is 7.90. The lowest BCUT2D eigenvalue weighted by Crippen LogP contribution is -2.07. The molecule has 3 aromatic rings. The smallest absolute Gasteiger partial charge is 0.307 e. The third-order valence-corrected chi connectivity index (χ3v) is 6.30. The van der Waals surface area contributed by atoms with Gasteiger partial charge < -0.3 is 9.84 Å². The van der Waals surface area contributed by atoms with Crippen molar-refractivity contribution in [3.8, 4) is 16.9 Å². The highest BCUT2D eigenvalue weighted by molar-refractivity contribution is 7.19. The molecule has 0 atom stereocenters. The molecule has 1 aromatic carbocycles. The van der Waals surface area contributed by atoms with Gasteiger partial charge in [0, 0.05) is 16.0 Å². The van der Waals surface area contributed by atoms with Crippen molar-refractivity contribution in [2.45, 2.75) is 39.0 Å². The summed E-state index contributed by atoms with van der Waals surface area (Å²) in [5.74, 6) is -0.0315. The molecule has 0 saturated heterocycles. The Labute approximate surface area is 156 Å². The molecule has 5 heteroatoms. The molecule has 0 saturated carbocycles. The molecule has 0 fully saturated rings.